The Balaban J connectivity index is 2.05. The Morgan fingerprint density at radius 1 is 1.38 bits per heavy atom. The highest BCUT2D eigenvalue weighted by Gasteiger charge is 2.27. The standard InChI is InChI=1S/C13H17N3/c1-9(10-7-14-8-10)13-15-11-5-3-4-6-12(11)16(13)2/h3-6,9-10,14H,7-8H2,1-2H3. The molecular formula is C13H17N3. The molecule has 84 valence electrons. The third-order valence-electron chi connectivity index (χ3n) is 3.75. The zero-order valence-electron chi connectivity index (χ0n) is 9.77. The summed E-state index contributed by atoms with van der Waals surface area (Å²) in [7, 11) is 2.12. The number of rotatable bonds is 2. The number of nitrogens with zero attached hydrogens (tertiary/aromatic N) is 2. The number of fused-ring (bicyclic) bond motifs is 1. The first-order valence-electron chi connectivity index (χ1n) is 5.89. The van der Waals surface area contributed by atoms with Crippen LogP contribution in [0.4, 0.5) is 0 Å². The van der Waals surface area contributed by atoms with Gasteiger partial charge in [-0.2, -0.15) is 0 Å². The van der Waals surface area contributed by atoms with E-state index in [9.17, 15) is 0 Å². The van der Waals surface area contributed by atoms with Crippen LogP contribution in [0, 0.1) is 5.92 Å². The lowest BCUT2D eigenvalue weighted by atomic mass is 9.88. The summed E-state index contributed by atoms with van der Waals surface area (Å²) in [4.78, 5) is 4.75. The van der Waals surface area contributed by atoms with Crippen LogP contribution in [0.25, 0.3) is 11.0 Å². The summed E-state index contributed by atoms with van der Waals surface area (Å²) < 4.78 is 2.23. The average molecular weight is 215 g/mol. The Hall–Kier alpha value is -1.35. The van der Waals surface area contributed by atoms with Crippen molar-refractivity contribution in [2.45, 2.75) is 12.8 Å². The second-order valence-electron chi connectivity index (χ2n) is 4.72. The van der Waals surface area contributed by atoms with Crippen LogP contribution in [-0.4, -0.2) is 22.6 Å². The number of benzene rings is 1. The molecule has 1 aliphatic heterocycles. The highest BCUT2D eigenvalue weighted by atomic mass is 15.1. The van der Waals surface area contributed by atoms with Crippen molar-refractivity contribution in [3.05, 3.63) is 30.1 Å². The molecule has 0 spiro atoms. The summed E-state index contributed by atoms with van der Waals surface area (Å²) >= 11 is 0. The summed E-state index contributed by atoms with van der Waals surface area (Å²) in [5.74, 6) is 2.50. The van der Waals surface area contributed by atoms with Crippen LogP contribution in [0.1, 0.15) is 18.7 Å². The molecule has 1 N–H and O–H groups in total. The van der Waals surface area contributed by atoms with E-state index in [2.05, 4.69) is 48.1 Å². The maximum atomic E-state index is 4.75. The van der Waals surface area contributed by atoms with Crippen LogP contribution in [0.5, 0.6) is 0 Å². The molecule has 0 radical (unpaired) electrons. The van der Waals surface area contributed by atoms with E-state index in [4.69, 9.17) is 4.98 Å². The fraction of sp³-hybridized carbons (Fsp3) is 0.462. The second-order valence-corrected chi connectivity index (χ2v) is 4.72. The van der Waals surface area contributed by atoms with Crippen LogP contribution in [-0.2, 0) is 7.05 Å². The van der Waals surface area contributed by atoms with Gasteiger partial charge in [-0.25, -0.2) is 4.98 Å². The molecule has 0 amide bonds. The monoisotopic (exact) mass is 215 g/mol. The van der Waals surface area contributed by atoms with E-state index in [1.165, 1.54) is 11.3 Å². The van der Waals surface area contributed by atoms with Gasteiger partial charge >= 0.3 is 0 Å². The van der Waals surface area contributed by atoms with Crippen molar-refractivity contribution in [1.82, 2.24) is 14.9 Å². The van der Waals surface area contributed by atoms with Gasteiger partial charge in [0.15, 0.2) is 0 Å². The first kappa shape index (κ1) is 9.85. The van der Waals surface area contributed by atoms with Gasteiger partial charge in [-0.05, 0) is 31.1 Å². The summed E-state index contributed by atoms with van der Waals surface area (Å²) in [5, 5.41) is 3.33. The molecule has 1 unspecified atom stereocenters. The molecule has 1 atom stereocenters. The van der Waals surface area contributed by atoms with Crippen LogP contribution < -0.4 is 5.32 Å². The lowest BCUT2D eigenvalue weighted by Gasteiger charge is -2.32. The minimum Gasteiger partial charge on any atom is -0.331 e. The van der Waals surface area contributed by atoms with E-state index in [0.29, 0.717) is 5.92 Å². The Morgan fingerprint density at radius 3 is 2.75 bits per heavy atom. The quantitative estimate of drug-likeness (QED) is 0.829. The van der Waals surface area contributed by atoms with Gasteiger partial charge < -0.3 is 9.88 Å². The fourth-order valence-corrected chi connectivity index (χ4v) is 2.45. The molecular weight excluding hydrogens is 198 g/mol. The van der Waals surface area contributed by atoms with Crippen molar-refractivity contribution in [3.63, 3.8) is 0 Å². The van der Waals surface area contributed by atoms with Crippen LogP contribution in [0.2, 0.25) is 0 Å². The topological polar surface area (TPSA) is 29.9 Å². The second kappa shape index (κ2) is 3.59. The minimum atomic E-state index is 0.540. The van der Waals surface area contributed by atoms with Gasteiger partial charge in [-0.3, -0.25) is 0 Å². The van der Waals surface area contributed by atoms with E-state index in [0.717, 1.165) is 24.5 Å². The van der Waals surface area contributed by atoms with Crippen molar-refractivity contribution in [3.8, 4) is 0 Å². The Kier molecular flexibility index (Phi) is 2.21. The molecule has 1 saturated heterocycles. The van der Waals surface area contributed by atoms with E-state index in [-0.39, 0.29) is 0 Å². The van der Waals surface area contributed by atoms with Gasteiger partial charge in [0.2, 0.25) is 0 Å². The zero-order chi connectivity index (χ0) is 11.1. The lowest BCUT2D eigenvalue weighted by Crippen LogP contribution is -2.45. The first-order valence-corrected chi connectivity index (χ1v) is 5.89. The average Bonchev–Trinajstić information content (AvgIpc) is 2.54. The van der Waals surface area contributed by atoms with E-state index >= 15 is 0 Å². The Morgan fingerprint density at radius 2 is 2.12 bits per heavy atom. The van der Waals surface area contributed by atoms with Crippen LogP contribution in [0.15, 0.2) is 24.3 Å². The highest BCUT2D eigenvalue weighted by Crippen LogP contribution is 2.28. The molecule has 2 aromatic rings. The first-order chi connectivity index (χ1) is 7.77. The predicted molar refractivity (Wildman–Crippen MR) is 65.5 cm³/mol. The third kappa shape index (κ3) is 1.35. The molecule has 16 heavy (non-hydrogen) atoms. The SMILES string of the molecule is CC(c1nc2ccccc2n1C)C1CNC1. The molecule has 3 rings (SSSR count). The summed E-state index contributed by atoms with van der Waals surface area (Å²) in [6, 6.07) is 8.35. The molecule has 0 saturated carbocycles. The largest absolute Gasteiger partial charge is 0.331 e. The smallest absolute Gasteiger partial charge is 0.112 e. The van der Waals surface area contributed by atoms with Crippen LogP contribution >= 0.6 is 0 Å². The fourth-order valence-electron chi connectivity index (χ4n) is 2.45. The highest BCUT2D eigenvalue weighted by molar-refractivity contribution is 5.75. The maximum absolute atomic E-state index is 4.75. The van der Waals surface area contributed by atoms with Gasteiger partial charge in [0.05, 0.1) is 11.0 Å². The Labute approximate surface area is 95.5 Å². The molecule has 0 bridgehead atoms. The van der Waals surface area contributed by atoms with Gasteiger partial charge in [0, 0.05) is 13.0 Å². The van der Waals surface area contributed by atoms with Crippen molar-refractivity contribution >= 4 is 11.0 Å². The number of hydrogen-bond donors (Lipinski definition) is 1. The number of aryl methyl sites for hydroxylation is 1. The molecule has 1 fully saturated rings. The number of hydrogen-bond acceptors (Lipinski definition) is 2. The van der Waals surface area contributed by atoms with E-state index in [1.807, 2.05) is 0 Å². The summed E-state index contributed by atoms with van der Waals surface area (Å²) in [6.07, 6.45) is 0. The molecule has 3 nitrogen and oxygen atoms in total. The molecule has 1 aliphatic rings. The maximum Gasteiger partial charge on any atom is 0.112 e. The van der Waals surface area contributed by atoms with Gasteiger partial charge in [0.25, 0.3) is 0 Å². The molecule has 2 heterocycles. The zero-order valence-corrected chi connectivity index (χ0v) is 9.77. The van der Waals surface area contributed by atoms with Gasteiger partial charge in [-0.15, -0.1) is 0 Å². The minimum absolute atomic E-state index is 0.540. The normalized spacial score (nSPS) is 18.6. The Bertz CT molecular complexity index is 511. The van der Waals surface area contributed by atoms with Gasteiger partial charge in [0.1, 0.15) is 5.82 Å². The van der Waals surface area contributed by atoms with E-state index < -0.39 is 0 Å². The van der Waals surface area contributed by atoms with Crippen molar-refractivity contribution in [1.29, 1.82) is 0 Å². The summed E-state index contributed by atoms with van der Waals surface area (Å²) in [6.45, 7) is 4.54. The van der Waals surface area contributed by atoms with Crippen LogP contribution in [0.3, 0.4) is 0 Å². The molecule has 1 aromatic heterocycles. The molecule has 1 aromatic carbocycles. The lowest BCUT2D eigenvalue weighted by molar-refractivity contribution is 0.293. The predicted octanol–water partition coefficient (Wildman–Crippen LogP) is 1.90. The molecule has 3 heteroatoms. The number of aromatic nitrogens is 2. The van der Waals surface area contributed by atoms with Crippen molar-refractivity contribution in [2.24, 2.45) is 13.0 Å². The number of nitrogens with one attached hydrogen (secondary N) is 1. The third-order valence-corrected chi connectivity index (χ3v) is 3.75. The van der Waals surface area contributed by atoms with E-state index in [1.54, 1.807) is 0 Å². The number of imidazole rings is 1. The summed E-state index contributed by atoms with van der Waals surface area (Å²) in [5.41, 5.74) is 2.34. The molecule has 0 aliphatic carbocycles. The number of para-hydroxylation sites is 2. The van der Waals surface area contributed by atoms with Crippen molar-refractivity contribution in [2.75, 3.05) is 13.1 Å². The van der Waals surface area contributed by atoms with Gasteiger partial charge in [-0.1, -0.05) is 19.1 Å². The van der Waals surface area contributed by atoms with Crippen molar-refractivity contribution < 1.29 is 0 Å².